The third-order valence-corrected chi connectivity index (χ3v) is 6.35. The molecule has 0 bridgehead atoms. The highest BCUT2D eigenvalue weighted by atomic mass is 16.5. The van der Waals surface area contributed by atoms with E-state index in [1.807, 2.05) is 26.0 Å². The van der Waals surface area contributed by atoms with Gasteiger partial charge in [-0.1, -0.05) is 6.92 Å². The van der Waals surface area contributed by atoms with Gasteiger partial charge in [-0.3, -0.25) is 14.8 Å². The Morgan fingerprint density at radius 2 is 2.21 bits per heavy atom. The van der Waals surface area contributed by atoms with Crippen molar-refractivity contribution in [1.82, 2.24) is 25.4 Å². The molecule has 8 nitrogen and oxygen atoms in total. The first kappa shape index (κ1) is 19.3. The summed E-state index contributed by atoms with van der Waals surface area (Å²) < 4.78 is 6.12. The SMILES string of the molecule is CCC(=O)N[C@@]1(C)CCOC2(CCN(Cc3[nH]nc4ncccc34)CC2)[C@@H]1O. The third kappa shape index (κ3) is 3.40. The van der Waals surface area contributed by atoms with E-state index in [0.29, 0.717) is 19.4 Å². The molecule has 2 fully saturated rings. The van der Waals surface area contributed by atoms with E-state index in [4.69, 9.17) is 4.74 Å². The minimum absolute atomic E-state index is 0.0317. The van der Waals surface area contributed by atoms with E-state index in [0.717, 1.165) is 49.2 Å². The molecule has 2 aliphatic heterocycles. The van der Waals surface area contributed by atoms with Crippen molar-refractivity contribution < 1.29 is 14.6 Å². The lowest BCUT2D eigenvalue weighted by molar-refractivity contribution is -0.208. The molecule has 8 heteroatoms. The number of pyridine rings is 1. The smallest absolute Gasteiger partial charge is 0.220 e. The van der Waals surface area contributed by atoms with E-state index < -0.39 is 17.2 Å². The van der Waals surface area contributed by atoms with E-state index in [1.165, 1.54) is 0 Å². The van der Waals surface area contributed by atoms with E-state index in [2.05, 4.69) is 25.4 Å². The number of aromatic amines is 1. The summed E-state index contributed by atoms with van der Waals surface area (Å²) >= 11 is 0. The van der Waals surface area contributed by atoms with E-state index in [9.17, 15) is 9.90 Å². The fourth-order valence-corrected chi connectivity index (χ4v) is 4.55. The molecule has 0 unspecified atom stereocenters. The molecule has 0 aliphatic carbocycles. The fraction of sp³-hybridized carbons (Fsp3) is 0.650. The van der Waals surface area contributed by atoms with E-state index in [-0.39, 0.29) is 5.91 Å². The summed E-state index contributed by atoms with van der Waals surface area (Å²) in [6.07, 6.45) is 3.53. The summed E-state index contributed by atoms with van der Waals surface area (Å²) in [4.78, 5) is 18.6. The maximum atomic E-state index is 12.0. The summed E-state index contributed by atoms with van der Waals surface area (Å²) in [7, 11) is 0. The molecule has 3 N–H and O–H groups in total. The molecule has 2 aromatic heterocycles. The number of fused-ring (bicyclic) bond motifs is 1. The molecule has 2 saturated heterocycles. The number of nitrogens with zero attached hydrogens (tertiary/aromatic N) is 3. The van der Waals surface area contributed by atoms with Crippen LogP contribution >= 0.6 is 0 Å². The Balaban J connectivity index is 1.43. The predicted octanol–water partition coefficient (Wildman–Crippen LogP) is 1.36. The maximum absolute atomic E-state index is 12.0. The number of carbonyl (C=O) groups excluding carboxylic acids is 1. The topological polar surface area (TPSA) is 103 Å². The number of H-pyrrole nitrogens is 1. The lowest BCUT2D eigenvalue weighted by Crippen LogP contribution is -2.69. The van der Waals surface area contributed by atoms with Gasteiger partial charge < -0.3 is 15.2 Å². The Bertz CT molecular complexity index is 845. The third-order valence-electron chi connectivity index (χ3n) is 6.35. The highest BCUT2D eigenvalue weighted by molar-refractivity contribution is 5.77. The van der Waals surface area contributed by atoms with Gasteiger partial charge in [-0.05, 0) is 38.3 Å². The first-order valence-electron chi connectivity index (χ1n) is 10.1. The molecule has 4 rings (SSSR count). The number of aromatic nitrogens is 3. The molecule has 4 heterocycles. The van der Waals surface area contributed by atoms with Crippen molar-refractivity contribution in [2.24, 2.45) is 0 Å². The van der Waals surface area contributed by atoms with Crippen LogP contribution in [0.1, 0.15) is 45.2 Å². The standard InChI is InChI=1S/C20H29N5O3/c1-3-16(26)22-19(2)8-12-28-20(18(19)27)6-10-25(11-7-20)13-15-14-5-4-9-21-17(14)24-23-15/h4-5,9,18,27H,3,6-8,10-13H2,1-2H3,(H,22,26)(H,21,23,24)/t18-,19+/m1/s1. The van der Waals surface area contributed by atoms with Crippen LogP contribution in [-0.2, 0) is 16.1 Å². The first-order chi connectivity index (χ1) is 13.5. The van der Waals surface area contributed by atoms with Gasteiger partial charge in [0.2, 0.25) is 5.91 Å². The van der Waals surface area contributed by atoms with Crippen LogP contribution < -0.4 is 5.32 Å². The highest BCUT2D eigenvalue weighted by Gasteiger charge is 2.53. The Kier molecular flexibility index (Phi) is 5.11. The van der Waals surface area contributed by atoms with Crippen LogP contribution in [0.3, 0.4) is 0 Å². The zero-order valence-corrected chi connectivity index (χ0v) is 16.6. The average molecular weight is 387 g/mol. The van der Waals surface area contributed by atoms with Crippen LogP contribution in [-0.4, -0.2) is 68.0 Å². The number of aliphatic hydroxyl groups is 1. The number of nitrogens with one attached hydrogen (secondary N) is 2. The quantitative estimate of drug-likeness (QED) is 0.732. The summed E-state index contributed by atoms with van der Waals surface area (Å²) in [6.45, 7) is 6.71. The number of amides is 1. The summed E-state index contributed by atoms with van der Waals surface area (Å²) in [6, 6.07) is 3.95. The summed E-state index contributed by atoms with van der Waals surface area (Å²) in [5.41, 5.74) is 0.560. The Hall–Kier alpha value is -2.03. The van der Waals surface area contributed by atoms with Crippen LogP contribution in [0.15, 0.2) is 18.3 Å². The number of likely N-dealkylation sites (tertiary alicyclic amines) is 1. The van der Waals surface area contributed by atoms with Crippen LogP contribution in [0.4, 0.5) is 0 Å². The van der Waals surface area contributed by atoms with Crippen LogP contribution in [0.25, 0.3) is 11.0 Å². The van der Waals surface area contributed by atoms with Gasteiger partial charge in [-0.15, -0.1) is 0 Å². The van der Waals surface area contributed by atoms with E-state index >= 15 is 0 Å². The van der Waals surface area contributed by atoms with Gasteiger partial charge >= 0.3 is 0 Å². The van der Waals surface area contributed by atoms with Crippen molar-refractivity contribution in [3.8, 4) is 0 Å². The van der Waals surface area contributed by atoms with E-state index in [1.54, 1.807) is 6.20 Å². The second-order valence-electron chi connectivity index (χ2n) is 8.24. The van der Waals surface area contributed by atoms with Crippen molar-refractivity contribution in [2.45, 2.75) is 63.3 Å². The largest absolute Gasteiger partial charge is 0.388 e. The monoisotopic (exact) mass is 387 g/mol. The number of piperidine rings is 1. The average Bonchev–Trinajstić information content (AvgIpc) is 3.11. The number of hydrogen-bond donors (Lipinski definition) is 3. The summed E-state index contributed by atoms with van der Waals surface area (Å²) in [5, 5.41) is 22.6. The van der Waals surface area contributed by atoms with Gasteiger partial charge in [-0.2, -0.15) is 5.10 Å². The van der Waals surface area contributed by atoms with Crippen molar-refractivity contribution in [1.29, 1.82) is 0 Å². The van der Waals surface area contributed by atoms with Gasteiger partial charge in [0.15, 0.2) is 5.65 Å². The van der Waals surface area contributed by atoms with Crippen molar-refractivity contribution in [2.75, 3.05) is 19.7 Å². The van der Waals surface area contributed by atoms with Crippen molar-refractivity contribution in [3.63, 3.8) is 0 Å². The molecule has 0 saturated carbocycles. The first-order valence-corrected chi connectivity index (χ1v) is 10.1. The van der Waals surface area contributed by atoms with Gasteiger partial charge in [-0.25, -0.2) is 4.98 Å². The van der Waals surface area contributed by atoms with Crippen LogP contribution in [0.2, 0.25) is 0 Å². The normalized spacial score (nSPS) is 27.9. The number of carbonyl (C=O) groups is 1. The number of aliphatic hydroxyl groups excluding tert-OH is 1. The van der Waals surface area contributed by atoms with Crippen molar-refractivity contribution >= 4 is 16.9 Å². The van der Waals surface area contributed by atoms with Gasteiger partial charge in [0.1, 0.15) is 6.10 Å². The Labute approximate surface area is 164 Å². The number of rotatable bonds is 4. The predicted molar refractivity (Wildman–Crippen MR) is 105 cm³/mol. The maximum Gasteiger partial charge on any atom is 0.220 e. The highest BCUT2D eigenvalue weighted by Crippen LogP contribution is 2.40. The van der Waals surface area contributed by atoms with Crippen LogP contribution in [0, 0.1) is 0 Å². The van der Waals surface area contributed by atoms with Crippen LogP contribution in [0.5, 0.6) is 0 Å². The molecule has 1 amide bonds. The molecule has 2 aliphatic rings. The second-order valence-corrected chi connectivity index (χ2v) is 8.24. The molecule has 1 spiro atoms. The lowest BCUT2D eigenvalue weighted by Gasteiger charge is -2.53. The molecular formula is C20H29N5O3. The lowest BCUT2D eigenvalue weighted by atomic mass is 9.73. The Morgan fingerprint density at radius 3 is 2.96 bits per heavy atom. The zero-order valence-electron chi connectivity index (χ0n) is 16.6. The molecule has 152 valence electrons. The minimum Gasteiger partial charge on any atom is -0.388 e. The molecule has 2 atom stereocenters. The molecule has 28 heavy (non-hydrogen) atoms. The Morgan fingerprint density at radius 1 is 1.43 bits per heavy atom. The van der Waals surface area contributed by atoms with Gasteiger partial charge in [0, 0.05) is 44.2 Å². The second kappa shape index (κ2) is 7.42. The fourth-order valence-electron chi connectivity index (χ4n) is 4.55. The van der Waals surface area contributed by atoms with Gasteiger partial charge in [0.25, 0.3) is 0 Å². The van der Waals surface area contributed by atoms with Gasteiger partial charge in [0.05, 0.1) is 16.8 Å². The molecule has 0 aromatic carbocycles. The summed E-state index contributed by atoms with van der Waals surface area (Å²) in [5.74, 6) is -0.0317. The minimum atomic E-state index is -0.719. The zero-order chi connectivity index (χ0) is 19.8. The molecular weight excluding hydrogens is 358 g/mol. The van der Waals surface area contributed by atoms with Crippen molar-refractivity contribution in [3.05, 3.63) is 24.0 Å². The number of hydrogen-bond acceptors (Lipinski definition) is 6. The molecule has 2 aromatic rings. The number of ether oxygens (including phenoxy) is 1. The molecule has 0 radical (unpaired) electrons.